The second-order valence-corrected chi connectivity index (χ2v) is 7.15. The molecular weight excluding hydrogens is 274 g/mol. The molecule has 2 aliphatic rings. The van der Waals surface area contributed by atoms with Gasteiger partial charge in [-0.3, -0.25) is 4.79 Å². The SMILES string of the molecule is CC1(c2nnc(SCC(=O)O)n2C2CC2)CCCCC1. The van der Waals surface area contributed by atoms with Crippen LogP contribution in [-0.4, -0.2) is 31.6 Å². The molecule has 5 nitrogen and oxygen atoms in total. The van der Waals surface area contributed by atoms with Crippen LogP contribution in [-0.2, 0) is 10.2 Å². The average molecular weight is 295 g/mol. The highest BCUT2D eigenvalue weighted by Gasteiger charge is 2.39. The van der Waals surface area contributed by atoms with E-state index in [-0.39, 0.29) is 11.2 Å². The second-order valence-electron chi connectivity index (χ2n) is 6.21. The van der Waals surface area contributed by atoms with Gasteiger partial charge in [-0.2, -0.15) is 0 Å². The van der Waals surface area contributed by atoms with Crippen LogP contribution in [0.25, 0.3) is 0 Å². The van der Waals surface area contributed by atoms with Crippen LogP contribution in [0.5, 0.6) is 0 Å². The fraction of sp³-hybridized carbons (Fsp3) is 0.786. The number of hydrogen-bond acceptors (Lipinski definition) is 4. The molecule has 0 amide bonds. The summed E-state index contributed by atoms with van der Waals surface area (Å²) in [5.41, 5.74) is 0.121. The van der Waals surface area contributed by atoms with Crippen molar-refractivity contribution in [2.75, 3.05) is 5.75 Å². The Morgan fingerprint density at radius 3 is 2.65 bits per heavy atom. The summed E-state index contributed by atoms with van der Waals surface area (Å²) in [6, 6.07) is 0.495. The summed E-state index contributed by atoms with van der Waals surface area (Å²) in [6.07, 6.45) is 8.50. The van der Waals surface area contributed by atoms with E-state index in [2.05, 4.69) is 21.7 Å². The molecule has 0 atom stereocenters. The standard InChI is InChI=1S/C14H21N3O2S/c1-14(7-3-2-4-8-14)12-15-16-13(20-9-11(18)19)17(12)10-5-6-10/h10H,2-9H2,1H3,(H,18,19). The average Bonchev–Trinajstić information content (AvgIpc) is 3.16. The van der Waals surface area contributed by atoms with Crippen molar-refractivity contribution in [1.82, 2.24) is 14.8 Å². The third kappa shape index (κ3) is 2.71. The fourth-order valence-corrected chi connectivity index (χ4v) is 3.86. The lowest BCUT2D eigenvalue weighted by Crippen LogP contribution is -2.29. The zero-order valence-corrected chi connectivity index (χ0v) is 12.7. The van der Waals surface area contributed by atoms with Gasteiger partial charge in [-0.1, -0.05) is 37.9 Å². The van der Waals surface area contributed by atoms with Gasteiger partial charge in [-0.05, 0) is 25.7 Å². The number of thioether (sulfide) groups is 1. The van der Waals surface area contributed by atoms with Gasteiger partial charge >= 0.3 is 5.97 Å². The maximum absolute atomic E-state index is 10.8. The molecule has 1 heterocycles. The lowest BCUT2D eigenvalue weighted by molar-refractivity contribution is -0.133. The first-order chi connectivity index (χ1) is 9.60. The van der Waals surface area contributed by atoms with Gasteiger partial charge in [0.15, 0.2) is 5.16 Å². The second kappa shape index (κ2) is 5.39. The van der Waals surface area contributed by atoms with E-state index < -0.39 is 5.97 Å². The van der Waals surface area contributed by atoms with Gasteiger partial charge in [0.2, 0.25) is 0 Å². The maximum atomic E-state index is 10.8. The highest BCUT2D eigenvalue weighted by atomic mass is 32.2. The van der Waals surface area contributed by atoms with E-state index in [4.69, 9.17) is 5.11 Å². The molecule has 1 aromatic rings. The Morgan fingerprint density at radius 2 is 2.05 bits per heavy atom. The Kier molecular flexibility index (Phi) is 3.75. The van der Waals surface area contributed by atoms with Crippen molar-refractivity contribution in [3.05, 3.63) is 5.82 Å². The number of aromatic nitrogens is 3. The van der Waals surface area contributed by atoms with Crippen LogP contribution in [0, 0.1) is 0 Å². The third-order valence-electron chi connectivity index (χ3n) is 4.40. The summed E-state index contributed by atoms with van der Waals surface area (Å²) in [7, 11) is 0. The normalized spacial score (nSPS) is 21.9. The molecule has 0 bridgehead atoms. The summed E-state index contributed by atoms with van der Waals surface area (Å²) >= 11 is 1.30. The van der Waals surface area contributed by atoms with Crippen molar-refractivity contribution >= 4 is 17.7 Å². The van der Waals surface area contributed by atoms with Crippen LogP contribution in [0.15, 0.2) is 5.16 Å². The molecule has 1 N–H and O–H groups in total. The van der Waals surface area contributed by atoms with E-state index in [1.54, 1.807) is 0 Å². The predicted octanol–water partition coefficient (Wildman–Crippen LogP) is 3.01. The number of aliphatic carboxylic acids is 1. The first kappa shape index (κ1) is 13.9. The van der Waals surface area contributed by atoms with Crippen LogP contribution in [0.4, 0.5) is 0 Å². The molecule has 0 spiro atoms. The first-order valence-electron chi connectivity index (χ1n) is 7.40. The van der Waals surface area contributed by atoms with Crippen molar-refractivity contribution in [2.24, 2.45) is 0 Å². The summed E-state index contributed by atoms with van der Waals surface area (Å²) in [6.45, 7) is 2.29. The number of hydrogen-bond donors (Lipinski definition) is 1. The lowest BCUT2D eigenvalue weighted by atomic mass is 9.75. The van der Waals surface area contributed by atoms with E-state index in [1.807, 2.05) is 0 Å². The smallest absolute Gasteiger partial charge is 0.313 e. The Hall–Kier alpha value is -1.04. The summed E-state index contributed by atoms with van der Waals surface area (Å²) in [4.78, 5) is 10.8. The van der Waals surface area contributed by atoms with Gasteiger partial charge in [0.05, 0.1) is 5.75 Å². The van der Waals surface area contributed by atoms with Crippen LogP contribution in [0.1, 0.15) is 63.7 Å². The molecule has 20 heavy (non-hydrogen) atoms. The molecule has 0 radical (unpaired) electrons. The maximum Gasteiger partial charge on any atom is 0.313 e. The van der Waals surface area contributed by atoms with E-state index in [0.717, 1.165) is 11.0 Å². The van der Waals surface area contributed by atoms with Gasteiger partial charge in [-0.15, -0.1) is 10.2 Å². The van der Waals surface area contributed by atoms with Crippen molar-refractivity contribution in [2.45, 2.75) is 68.5 Å². The molecule has 110 valence electrons. The molecule has 2 saturated carbocycles. The summed E-state index contributed by atoms with van der Waals surface area (Å²) in [5.74, 6) is 0.347. The molecular formula is C14H21N3O2S. The zero-order chi connectivity index (χ0) is 14.2. The van der Waals surface area contributed by atoms with Crippen LogP contribution < -0.4 is 0 Å². The van der Waals surface area contributed by atoms with E-state index in [0.29, 0.717) is 6.04 Å². The molecule has 0 saturated heterocycles. The number of nitrogens with zero attached hydrogens (tertiary/aromatic N) is 3. The molecule has 0 unspecified atom stereocenters. The Morgan fingerprint density at radius 1 is 1.35 bits per heavy atom. The molecule has 1 aromatic heterocycles. The van der Waals surface area contributed by atoms with Gasteiger partial charge in [0.1, 0.15) is 5.82 Å². The highest BCUT2D eigenvalue weighted by molar-refractivity contribution is 7.99. The molecule has 3 rings (SSSR count). The number of rotatable bonds is 5. The summed E-state index contributed by atoms with van der Waals surface area (Å²) < 4.78 is 2.24. The van der Waals surface area contributed by atoms with Crippen molar-refractivity contribution in [1.29, 1.82) is 0 Å². The Balaban J connectivity index is 1.88. The van der Waals surface area contributed by atoms with Crippen LogP contribution in [0.3, 0.4) is 0 Å². The topological polar surface area (TPSA) is 68.0 Å². The monoisotopic (exact) mass is 295 g/mol. The van der Waals surface area contributed by atoms with Gasteiger partial charge in [0.25, 0.3) is 0 Å². The Labute approximate surface area is 123 Å². The first-order valence-corrected chi connectivity index (χ1v) is 8.39. The zero-order valence-electron chi connectivity index (χ0n) is 11.8. The number of carboxylic acids is 1. The van der Waals surface area contributed by atoms with E-state index in [1.165, 1.54) is 56.7 Å². The number of carboxylic acid groups (broad SMARTS) is 1. The number of carbonyl (C=O) groups is 1. The molecule has 2 fully saturated rings. The predicted molar refractivity (Wildman–Crippen MR) is 77.1 cm³/mol. The quantitative estimate of drug-likeness (QED) is 0.846. The molecule has 0 aromatic carbocycles. The minimum atomic E-state index is -0.800. The van der Waals surface area contributed by atoms with Crippen molar-refractivity contribution < 1.29 is 9.90 Å². The van der Waals surface area contributed by atoms with Crippen LogP contribution >= 0.6 is 11.8 Å². The van der Waals surface area contributed by atoms with Crippen LogP contribution in [0.2, 0.25) is 0 Å². The molecule has 6 heteroatoms. The minimum Gasteiger partial charge on any atom is -0.481 e. The van der Waals surface area contributed by atoms with Gasteiger partial charge in [-0.25, -0.2) is 0 Å². The van der Waals surface area contributed by atoms with E-state index in [9.17, 15) is 4.79 Å². The molecule has 2 aliphatic carbocycles. The Bertz CT molecular complexity index is 505. The highest BCUT2D eigenvalue weighted by Crippen LogP contribution is 2.45. The minimum absolute atomic E-state index is 0.0571. The van der Waals surface area contributed by atoms with Gasteiger partial charge in [0, 0.05) is 11.5 Å². The van der Waals surface area contributed by atoms with E-state index >= 15 is 0 Å². The lowest BCUT2D eigenvalue weighted by Gasteiger charge is -2.33. The molecule has 0 aliphatic heterocycles. The third-order valence-corrected chi connectivity index (χ3v) is 5.33. The summed E-state index contributed by atoms with van der Waals surface area (Å²) in [5, 5.41) is 18.4. The van der Waals surface area contributed by atoms with Gasteiger partial charge < -0.3 is 9.67 Å². The van der Waals surface area contributed by atoms with Crippen molar-refractivity contribution in [3.63, 3.8) is 0 Å². The largest absolute Gasteiger partial charge is 0.481 e. The fourth-order valence-electron chi connectivity index (χ4n) is 3.13. The van der Waals surface area contributed by atoms with Crippen molar-refractivity contribution in [3.8, 4) is 0 Å².